The highest BCUT2D eigenvalue weighted by atomic mass is 15.2. The van der Waals surface area contributed by atoms with Gasteiger partial charge in [0.05, 0.1) is 12.2 Å². The quantitative estimate of drug-likeness (QED) is 0.464. The van der Waals surface area contributed by atoms with E-state index in [0.29, 0.717) is 6.54 Å². The van der Waals surface area contributed by atoms with Gasteiger partial charge in [0.25, 0.3) is 0 Å². The Morgan fingerprint density at radius 1 is 1.41 bits per heavy atom. The summed E-state index contributed by atoms with van der Waals surface area (Å²) in [6.07, 6.45) is 4.16. The van der Waals surface area contributed by atoms with Gasteiger partial charge >= 0.3 is 0 Å². The number of hydrogen-bond acceptors (Lipinski definition) is 2. The highest BCUT2D eigenvalue weighted by Crippen LogP contribution is 2.01. The van der Waals surface area contributed by atoms with E-state index in [4.69, 9.17) is 0 Å². The zero-order valence-electron chi connectivity index (χ0n) is 11.0. The zero-order chi connectivity index (χ0) is 12.5. The average molecular weight is 234 g/mol. The van der Waals surface area contributed by atoms with Crippen molar-refractivity contribution in [1.29, 1.82) is 0 Å². The van der Waals surface area contributed by atoms with E-state index in [0.717, 1.165) is 24.6 Å². The molecule has 0 aliphatic heterocycles. The molecule has 0 bridgehead atoms. The molecule has 94 valence electrons. The summed E-state index contributed by atoms with van der Waals surface area (Å²) in [6, 6.07) is 4.02. The SMILES string of the molecule is CCCCNC(=NC)NCc1ncccc1C. The summed E-state index contributed by atoms with van der Waals surface area (Å²) in [4.78, 5) is 8.51. The molecule has 0 saturated heterocycles. The third-order valence-corrected chi connectivity index (χ3v) is 2.59. The smallest absolute Gasteiger partial charge is 0.191 e. The first kappa shape index (κ1) is 13.5. The number of aryl methyl sites for hydroxylation is 1. The third kappa shape index (κ3) is 4.85. The molecule has 0 radical (unpaired) electrons. The van der Waals surface area contributed by atoms with E-state index in [1.807, 2.05) is 12.3 Å². The maximum absolute atomic E-state index is 4.34. The second-order valence-corrected chi connectivity index (χ2v) is 3.97. The maximum atomic E-state index is 4.34. The molecular weight excluding hydrogens is 212 g/mol. The first-order valence-corrected chi connectivity index (χ1v) is 6.13. The summed E-state index contributed by atoms with van der Waals surface area (Å²) >= 11 is 0. The van der Waals surface area contributed by atoms with Gasteiger partial charge in [-0.15, -0.1) is 0 Å². The van der Waals surface area contributed by atoms with Crippen LogP contribution in [-0.4, -0.2) is 24.5 Å². The van der Waals surface area contributed by atoms with Crippen molar-refractivity contribution in [2.75, 3.05) is 13.6 Å². The topological polar surface area (TPSA) is 49.3 Å². The molecule has 1 aromatic rings. The van der Waals surface area contributed by atoms with Crippen LogP contribution in [0.3, 0.4) is 0 Å². The molecule has 17 heavy (non-hydrogen) atoms. The van der Waals surface area contributed by atoms with Crippen LogP contribution >= 0.6 is 0 Å². The van der Waals surface area contributed by atoms with E-state index >= 15 is 0 Å². The molecule has 1 heterocycles. The number of aliphatic imine (C=N–C) groups is 1. The minimum atomic E-state index is 0.707. The van der Waals surface area contributed by atoms with E-state index in [1.54, 1.807) is 7.05 Å². The van der Waals surface area contributed by atoms with Crippen LogP contribution in [0, 0.1) is 6.92 Å². The lowest BCUT2D eigenvalue weighted by atomic mass is 10.2. The summed E-state index contributed by atoms with van der Waals surface area (Å²) in [5.41, 5.74) is 2.26. The van der Waals surface area contributed by atoms with Crippen LogP contribution in [0.5, 0.6) is 0 Å². The lowest BCUT2D eigenvalue weighted by Gasteiger charge is -2.12. The van der Waals surface area contributed by atoms with Gasteiger partial charge < -0.3 is 10.6 Å². The van der Waals surface area contributed by atoms with E-state index in [2.05, 4.69) is 40.5 Å². The summed E-state index contributed by atoms with van der Waals surface area (Å²) < 4.78 is 0. The maximum Gasteiger partial charge on any atom is 0.191 e. The number of aromatic nitrogens is 1. The molecule has 0 aromatic carbocycles. The Morgan fingerprint density at radius 3 is 2.88 bits per heavy atom. The van der Waals surface area contributed by atoms with E-state index in [1.165, 1.54) is 12.0 Å². The summed E-state index contributed by atoms with van der Waals surface area (Å²) in [5.74, 6) is 0.837. The van der Waals surface area contributed by atoms with Gasteiger partial charge in [-0.05, 0) is 25.0 Å². The number of pyridine rings is 1. The van der Waals surface area contributed by atoms with Crippen molar-refractivity contribution in [1.82, 2.24) is 15.6 Å². The van der Waals surface area contributed by atoms with Crippen LogP contribution in [0.4, 0.5) is 0 Å². The number of nitrogens with one attached hydrogen (secondary N) is 2. The van der Waals surface area contributed by atoms with Gasteiger partial charge in [-0.2, -0.15) is 0 Å². The molecule has 0 amide bonds. The van der Waals surface area contributed by atoms with Crippen molar-refractivity contribution in [3.8, 4) is 0 Å². The summed E-state index contributed by atoms with van der Waals surface area (Å²) in [5, 5.41) is 6.53. The van der Waals surface area contributed by atoms with Gasteiger partial charge in [-0.1, -0.05) is 19.4 Å². The second-order valence-electron chi connectivity index (χ2n) is 3.97. The van der Waals surface area contributed by atoms with Gasteiger partial charge in [0.15, 0.2) is 5.96 Å². The first-order chi connectivity index (χ1) is 8.27. The highest BCUT2D eigenvalue weighted by Gasteiger charge is 2.00. The van der Waals surface area contributed by atoms with Gasteiger partial charge in [0.1, 0.15) is 0 Å². The molecule has 0 unspecified atom stereocenters. The number of hydrogen-bond donors (Lipinski definition) is 2. The normalized spacial score (nSPS) is 11.4. The van der Waals surface area contributed by atoms with Crippen LogP contribution in [-0.2, 0) is 6.54 Å². The van der Waals surface area contributed by atoms with Crippen molar-refractivity contribution in [2.24, 2.45) is 4.99 Å². The van der Waals surface area contributed by atoms with Crippen molar-refractivity contribution in [3.63, 3.8) is 0 Å². The monoisotopic (exact) mass is 234 g/mol. The number of guanidine groups is 1. The van der Waals surface area contributed by atoms with Crippen LogP contribution in [0.15, 0.2) is 23.3 Å². The molecular formula is C13H22N4. The Kier molecular flexibility index (Phi) is 6.07. The molecule has 0 fully saturated rings. The molecule has 1 aromatic heterocycles. The Hall–Kier alpha value is -1.58. The Labute approximate surface area is 104 Å². The van der Waals surface area contributed by atoms with E-state index in [-0.39, 0.29) is 0 Å². The molecule has 0 aliphatic rings. The van der Waals surface area contributed by atoms with Crippen molar-refractivity contribution < 1.29 is 0 Å². The minimum Gasteiger partial charge on any atom is -0.356 e. The fraction of sp³-hybridized carbons (Fsp3) is 0.538. The fourth-order valence-electron chi connectivity index (χ4n) is 1.48. The van der Waals surface area contributed by atoms with Gasteiger partial charge in [-0.25, -0.2) is 0 Å². The number of nitrogens with zero attached hydrogens (tertiary/aromatic N) is 2. The molecule has 4 nitrogen and oxygen atoms in total. The number of unbranched alkanes of at least 4 members (excludes halogenated alkanes) is 1. The average Bonchev–Trinajstić information content (AvgIpc) is 2.35. The molecule has 1 rings (SSSR count). The largest absolute Gasteiger partial charge is 0.356 e. The molecule has 0 atom stereocenters. The fourth-order valence-corrected chi connectivity index (χ4v) is 1.48. The van der Waals surface area contributed by atoms with Crippen molar-refractivity contribution in [3.05, 3.63) is 29.6 Å². The predicted octanol–water partition coefficient (Wildman–Crippen LogP) is 1.86. The Morgan fingerprint density at radius 2 is 2.24 bits per heavy atom. The van der Waals surface area contributed by atoms with Gasteiger partial charge in [0, 0.05) is 19.8 Å². The van der Waals surface area contributed by atoms with Crippen molar-refractivity contribution in [2.45, 2.75) is 33.2 Å². The zero-order valence-corrected chi connectivity index (χ0v) is 11.0. The lowest BCUT2D eigenvalue weighted by Crippen LogP contribution is -2.37. The Balaban J connectivity index is 2.40. The second kappa shape index (κ2) is 7.65. The molecule has 4 heteroatoms. The van der Waals surface area contributed by atoms with Gasteiger partial charge in [-0.3, -0.25) is 9.98 Å². The number of rotatable bonds is 5. The van der Waals surface area contributed by atoms with Crippen LogP contribution in [0.2, 0.25) is 0 Å². The summed E-state index contributed by atoms with van der Waals surface area (Å²) in [6.45, 7) is 5.91. The third-order valence-electron chi connectivity index (χ3n) is 2.59. The molecule has 0 aliphatic carbocycles. The molecule has 0 saturated carbocycles. The van der Waals surface area contributed by atoms with Crippen LogP contribution in [0.25, 0.3) is 0 Å². The summed E-state index contributed by atoms with van der Waals surface area (Å²) in [7, 11) is 1.78. The standard InChI is InChI=1S/C13H22N4/c1-4-5-8-16-13(14-3)17-10-12-11(2)7-6-9-15-12/h6-7,9H,4-5,8,10H2,1-3H3,(H2,14,16,17). The van der Waals surface area contributed by atoms with Crippen LogP contribution < -0.4 is 10.6 Å². The molecule has 2 N–H and O–H groups in total. The highest BCUT2D eigenvalue weighted by molar-refractivity contribution is 5.79. The van der Waals surface area contributed by atoms with E-state index < -0.39 is 0 Å². The first-order valence-electron chi connectivity index (χ1n) is 6.13. The lowest BCUT2D eigenvalue weighted by molar-refractivity contribution is 0.724. The van der Waals surface area contributed by atoms with Crippen molar-refractivity contribution >= 4 is 5.96 Å². The predicted molar refractivity (Wildman–Crippen MR) is 72.1 cm³/mol. The van der Waals surface area contributed by atoms with Crippen LogP contribution in [0.1, 0.15) is 31.0 Å². The van der Waals surface area contributed by atoms with Gasteiger partial charge in [0.2, 0.25) is 0 Å². The van der Waals surface area contributed by atoms with E-state index in [9.17, 15) is 0 Å². The minimum absolute atomic E-state index is 0.707. The molecule has 0 spiro atoms. The Bertz CT molecular complexity index is 360.